The second-order valence-corrected chi connectivity index (χ2v) is 6.27. The van der Waals surface area contributed by atoms with Gasteiger partial charge in [0.1, 0.15) is 5.92 Å². The summed E-state index contributed by atoms with van der Waals surface area (Å²) >= 11 is 0. The van der Waals surface area contributed by atoms with Gasteiger partial charge in [-0.15, -0.1) is 0 Å². The van der Waals surface area contributed by atoms with Gasteiger partial charge in [-0.25, -0.2) is 0 Å². The number of nitrogens with zero attached hydrogens (tertiary/aromatic N) is 2. The van der Waals surface area contributed by atoms with Crippen LogP contribution < -0.4 is 16.1 Å². The van der Waals surface area contributed by atoms with E-state index in [1.165, 1.54) is 0 Å². The Kier molecular flexibility index (Phi) is 4.53. The minimum atomic E-state index is -0.821. The summed E-state index contributed by atoms with van der Waals surface area (Å²) < 4.78 is 0. The van der Waals surface area contributed by atoms with E-state index in [1.54, 1.807) is 4.90 Å². The Morgan fingerprint density at radius 1 is 1.46 bits per heavy atom. The number of nitrogens with one attached hydrogen (secondary N) is 1. The summed E-state index contributed by atoms with van der Waals surface area (Å²) in [5.74, 6) is -1.07. The third-order valence-electron chi connectivity index (χ3n) is 4.56. The van der Waals surface area contributed by atoms with E-state index in [0.29, 0.717) is 19.5 Å². The summed E-state index contributed by atoms with van der Waals surface area (Å²) in [6.07, 6.45) is 1.27. The lowest BCUT2D eigenvalue weighted by molar-refractivity contribution is -0.137. The Bertz CT molecular complexity index is 701. The van der Waals surface area contributed by atoms with Crippen LogP contribution in [0.1, 0.15) is 30.9 Å². The molecular formula is C17H22N4O3. The zero-order valence-electron chi connectivity index (χ0n) is 13.7. The van der Waals surface area contributed by atoms with Crippen LogP contribution in [0.2, 0.25) is 0 Å². The van der Waals surface area contributed by atoms with Gasteiger partial charge < -0.3 is 21.2 Å². The molecule has 24 heavy (non-hydrogen) atoms. The number of nitrogens with two attached hydrogens (primary N) is 1. The van der Waals surface area contributed by atoms with E-state index < -0.39 is 5.97 Å². The third-order valence-corrected chi connectivity index (χ3v) is 4.56. The summed E-state index contributed by atoms with van der Waals surface area (Å²) in [4.78, 5) is 25.5. The molecule has 1 aromatic carbocycles. The molecule has 0 fully saturated rings. The number of carboxylic acid groups (broad SMARTS) is 1. The molecule has 128 valence electrons. The maximum atomic E-state index is 12.9. The SMILES string of the molecule is CC1NN=C2c3cc(CCC(=O)O)ccc3N(CCCN)C(=O)C21. The van der Waals surface area contributed by atoms with Crippen LogP contribution in [0.5, 0.6) is 0 Å². The molecule has 7 nitrogen and oxygen atoms in total. The molecule has 1 aromatic rings. The monoisotopic (exact) mass is 330 g/mol. The number of carbonyl (C=O) groups excluding carboxylic acids is 1. The first-order chi connectivity index (χ1) is 11.5. The van der Waals surface area contributed by atoms with Crippen molar-refractivity contribution in [3.05, 3.63) is 29.3 Å². The fourth-order valence-corrected chi connectivity index (χ4v) is 3.31. The quantitative estimate of drug-likeness (QED) is 0.712. The van der Waals surface area contributed by atoms with Gasteiger partial charge in [0.25, 0.3) is 0 Å². The first kappa shape index (κ1) is 16.4. The van der Waals surface area contributed by atoms with Crippen LogP contribution in [-0.2, 0) is 16.0 Å². The normalized spacial score (nSPS) is 21.8. The van der Waals surface area contributed by atoms with Crippen LogP contribution in [0.15, 0.2) is 23.3 Å². The highest BCUT2D eigenvalue weighted by molar-refractivity contribution is 6.24. The molecule has 2 heterocycles. The molecule has 0 saturated carbocycles. The van der Waals surface area contributed by atoms with Gasteiger partial charge in [0.2, 0.25) is 5.91 Å². The largest absolute Gasteiger partial charge is 0.481 e. The fourth-order valence-electron chi connectivity index (χ4n) is 3.31. The standard InChI is InChI=1S/C17H22N4O3/c1-10-15-16(20-19-10)12-9-11(4-6-14(22)23)3-5-13(12)21(17(15)24)8-2-7-18/h3,5,9-10,15,19H,2,4,6-8,18H2,1H3,(H,22,23). The number of benzene rings is 1. The predicted octanol–water partition coefficient (Wildman–Crippen LogP) is 0.711. The number of hydrogen-bond donors (Lipinski definition) is 3. The molecule has 0 saturated heterocycles. The number of fused-ring (bicyclic) bond motifs is 3. The van der Waals surface area contributed by atoms with Crippen LogP contribution in [0.25, 0.3) is 0 Å². The average Bonchev–Trinajstić information content (AvgIpc) is 2.95. The zero-order valence-corrected chi connectivity index (χ0v) is 13.7. The Labute approximate surface area is 140 Å². The van der Waals surface area contributed by atoms with Gasteiger partial charge in [-0.1, -0.05) is 6.07 Å². The molecule has 3 rings (SSSR count). The maximum absolute atomic E-state index is 12.9. The first-order valence-electron chi connectivity index (χ1n) is 8.22. The summed E-state index contributed by atoms with van der Waals surface area (Å²) in [6, 6.07) is 5.69. The third kappa shape index (κ3) is 2.87. The van der Waals surface area contributed by atoms with Crippen LogP contribution in [0, 0.1) is 5.92 Å². The number of aryl methyl sites for hydroxylation is 1. The Balaban J connectivity index is 1.99. The molecule has 7 heteroatoms. The summed E-state index contributed by atoms with van der Waals surface area (Å²) in [6.45, 7) is 3.04. The van der Waals surface area contributed by atoms with E-state index in [1.807, 2.05) is 25.1 Å². The van der Waals surface area contributed by atoms with Crippen molar-refractivity contribution in [2.75, 3.05) is 18.0 Å². The second-order valence-electron chi connectivity index (χ2n) is 6.27. The van der Waals surface area contributed by atoms with E-state index >= 15 is 0 Å². The number of carboxylic acids is 1. The summed E-state index contributed by atoms with van der Waals surface area (Å²) in [5.41, 5.74) is 12.0. The lowest BCUT2D eigenvalue weighted by atomic mass is 9.85. The first-order valence-corrected chi connectivity index (χ1v) is 8.22. The highest BCUT2D eigenvalue weighted by Gasteiger charge is 2.43. The minimum absolute atomic E-state index is 0.0467. The van der Waals surface area contributed by atoms with Gasteiger partial charge in [-0.05, 0) is 44.0 Å². The van der Waals surface area contributed by atoms with E-state index in [9.17, 15) is 9.59 Å². The van der Waals surface area contributed by atoms with Gasteiger partial charge in [0.15, 0.2) is 0 Å². The van der Waals surface area contributed by atoms with E-state index in [0.717, 1.165) is 28.9 Å². The fraction of sp³-hybridized carbons (Fsp3) is 0.471. The van der Waals surface area contributed by atoms with Gasteiger partial charge >= 0.3 is 5.97 Å². The zero-order chi connectivity index (χ0) is 17.3. The molecule has 4 N–H and O–H groups in total. The molecule has 2 aliphatic heterocycles. The van der Waals surface area contributed by atoms with Crippen molar-refractivity contribution in [1.29, 1.82) is 0 Å². The molecule has 0 radical (unpaired) electrons. The second kappa shape index (κ2) is 6.60. The number of aliphatic carboxylic acids is 1. The molecule has 2 aliphatic rings. The summed E-state index contributed by atoms with van der Waals surface area (Å²) in [5, 5.41) is 13.2. The molecule has 0 aliphatic carbocycles. The predicted molar refractivity (Wildman–Crippen MR) is 91.0 cm³/mol. The summed E-state index contributed by atoms with van der Waals surface area (Å²) in [7, 11) is 0. The smallest absolute Gasteiger partial charge is 0.303 e. The van der Waals surface area contributed by atoms with Crippen molar-refractivity contribution in [2.24, 2.45) is 16.8 Å². The van der Waals surface area contributed by atoms with Crippen molar-refractivity contribution in [2.45, 2.75) is 32.2 Å². The van der Waals surface area contributed by atoms with Gasteiger partial charge in [-0.2, -0.15) is 5.10 Å². The topological polar surface area (TPSA) is 108 Å². The average molecular weight is 330 g/mol. The molecule has 0 bridgehead atoms. The highest BCUT2D eigenvalue weighted by atomic mass is 16.4. The van der Waals surface area contributed by atoms with Gasteiger partial charge in [-0.3, -0.25) is 9.59 Å². The Hall–Kier alpha value is -2.41. The van der Waals surface area contributed by atoms with Gasteiger partial charge in [0, 0.05) is 18.5 Å². The van der Waals surface area contributed by atoms with E-state index in [-0.39, 0.29) is 24.3 Å². The number of hydrogen-bond acceptors (Lipinski definition) is 5. The molecule has 0 spiro atoms. The van der Waals surface area contributed by atoms with Crippen LogP contribution in [-0.4, -0.2) is 41.8 Å². The molecule has 2 unspecified atom stereocenters. The minimum Gasteiger partial charge on any atom is -0.481 e. The van der Waals surface area contributed by atoms with Crippen molar-refractivity contribution >= 4 is 23.3 Å². The van der Waals surface area contributed by atoms with Crippen LogP contribution >= 0.6 is 0 Å². The Morgan fingerprint density at radius 2 is 2.25 bits per heavy atom. The Morgan fingerprint density at radius 3 is 2.96 bits per heavy atom. The van der Waals surface area contributed by atoms with Crippen molar-refractivity contribution in [3.8, 4) is 0 Å². The van der Waals surface area contributed by atoms with E-state index in [2.05, 4.69) is 10.5 Å². The lowest BCUT2D eigenvalue weighted by Crippen LogP contribution is -2.48. The molecular weight excluding hydrogens is 308 g/mol. The molecule has 0 aromatic heterocycles. The van der Waals surface area contributed by atoms with E-state index in [4.69, 9.17) is 10.8 Å². The number of rotatable bonds is 6. The lowest BCUT2D eigenvalue weighted by Gasteiger charge is -2.34. The van der Waals surface area contributed by atoms with Crippen molar-refractivity contribution in [3.63, 3.8) is 0 Å². The van der Waals surface area contributed by atoms with Crippen molar-refractivity contribution < 1.29 is 14.7 Å². The number of amides is 1. The number of carbonyl (C=O) groups is 2. The van der Waals surface area contributed by atoms with Crippen LogP contribution in [0.4, 0.5) is 5.69 Å². The van der Waals surface area contributed by atoms with Crippen molar-refractivity contribution in [1.82, 2.24) is 5.43 Å². The maximum Gasteiger partial charge on any atom is 0.303 e. The molecule has 2 atom stereocenters. The van der Waals surface area contributed by atoms with Gasteiger partial charge in [0.05, 0.1) is 17.4 Å². The molecule has 1 amide bonds. The number of hydrazone groups is 1. The highest BCUT2D eigenvalue weighted by Crippen LogP contribution is 2.35. The number of anilines is 1. The van der Waals surface area contributed by atoms with Crippen LogP contribution in [0.3, 0.4) is 0 Å².